The van der Waals surface area contributed by atoms with Crippen molar-refractivity contribution in [3.8, 4) is 16.9 Å². The summed E-state index contributed by atoms with van der Waals surface area (Å²) < 4.78 is 19.1. The molecule has 1 saturated heterocycles. The van der Waals surface area contributed by atoms with Gasteiger partial charge in [0.2, 0.25) is 0 Å². The summed E-state index contributed by atoms with van der Waals surface area (Å²) in [6.07, 6.45) is 3.04. The van der Waals surface area contributed by atoms with Gasteiger partial charge in [0.05, 0.1) is 6.61 Å². The van der Waals surface area contributed by atoms with Gasteiger partial charge in [0.25, 0.3) is 0 Å². The number of carbonyl (C=O) groups excluding carboxylic acids is 1. The van der Waals surface area contributed by atoms with E-state index in [2.05, 4.69) is 34.0 Å². The number of carbonyl (C=O) groups is 1. The molecule has 0 radical (unpaired) electrons. The maximum Gasteiger partial charge on any atom is 0.139 e. The van der Waals surface area contributed by atoms with Crippen LogP contribution in [0, 0.1) is 5.82 Å². The van der Waals surface area contributed by atoms with Crippen molar-refractivity contribution in [2.45, 2.75) is 26.2 Å². The first-order chi connectivity index (χ1) is 16.5. The van der Waals surface area contributed by atoms with E-state index in [0.717, 1.165) is 60.0 Å². The number of likely N-dealkylation sites (N-methyl/N-ethyl adjacent to an activating group) is 1. The van der Waals surface area contributed by atoms with Crippen molar-refractivity contribution in [2.75, 3.05) is 44.7 Å². The lowest BCUT2D eigenvalue weighted by Crippen LogP contribution is -2.44. The minimum absolute atomic E-state index is 0.101. The number of rotatable bonds is 9. The molecule has 2 aromatic carbocycles. The van der Waals surface area contributed by atoms with Crippen LogP contribution in [0.15, 0.2) is 60.8 Å². The minimum atomic E-state index is -0.271. The molecule has 1 fully saturated rings. The number of piperazine rings is 1. The predicted octanol–water partition coefficient (Wildman–Crippen LogP) is 4.78. The number of ketones is 1. The van der Waals surface area contributed by atoms with E-state index in [1.165, 1.54) is 12.1 Å². The van der Waals surface area contributed by atoms with Gasteiger partial charge in [0.15, 0.2) is 0 Å². The standard InChI is InChI=1S/C28H32FN3O2/c1-3-34-26-11-12-27(28(19-26)32-15-13-31(2)14-16-32)22-8-9-24(30-20-22)18-25(33)10-7-21-5-4-6-23(29)17-21/h4-6,8-9,11-12,17,19-20H,3,7,10,13-16,18H2,1-2H3. The molecule has 0 aliphatic carbocycles. The molecule has 0 amide bonds. The van der Waals surface area contributed by atoms with Crippen LogP contribution in [0.4, 0.5) is 10.1 Å². The summed E-state index contributed by atoms with van der Waals surface area (Å²) >= 11 is 0. The Morgan fingerprint density at radius 2 is 1.88 bits per heavy atom. The van der Waals surface area contributed by atoms with Crippen molar-refractivity contribution < 1.29 is 13.9 Å². The Kier molecular flexibility index (Phi) is 7.91. The Balaban J connectivity index is 1.45. The van der Waals surface area contributed by atoms with E-state index in [-0.39, 0.29) is 18.0 Å². The normalized spacial score (nSPS) is 14.3. The predicted molar refractivity (Wildman–Crippen MR) is 134 cm³/mol. The van der Waals surface area contributed by atoms with Gasteiger partial charge in [-0.05, 0) is 56.3 Å². The third-order valence-corrected chi connectivity index (χ3v) is 6.22. The summed E-state index contributed by atoms with van der Waals surface area (Å²) in [7, 11) is 2.15. The summed E-state index contributed by atoms with van der Waals surface area (Å²) in [6.45, 7) is 6.59. The van der Waals surface area contributed by atoms with Crippen LogP contribution >= 0.6 is 0 Å². The van der Waals surface area contributed by atoms with E-state index in [0.29, 0.717) is 19.4 Å². The SMILES string of the molecule is CCOc1ccc(-c2ccc(CC(=O)CCc3cccc(F)c3)nc2)c(N2CCN(C)CC2)c1. The number of halogens is 1. The number of pyridine rings is 1. The van der Waals surface area contributed by atoms with Crippen LogP contribution in [0.25, 0.3) is 11.1 Å². The average molecular weight is 462 g/mol. The van der Waals surface area contributed by atoms with E-state index < -0.39 is 0 Å². The van der Waals surface area contributed by atoms with Crippen LogP contribution in [0.2, 0.25) is 0 Å². The van der Waals surface area contributed by atoms with Crippen LogP contribution < -0.4 is 9.64 Å². The Morgan fingerprint density at radius 3 is 2.59 bits per heavy atom. The zero-order chi connectivity index (χ0) is 23.9. The second kappa shape index (κ2) is 11.3. The molecule has 2 heterocycles. The first kappa shape index (κ1) is 23.9. The lowest BCUT2D eigenvalue weighted by molar-refractivity contribution is -0.118. The van der Waals surface area contributed by atoms with Gasteiger partial charge in [0, 0.05) is 73.8 Å². The van der Waals surface area contributed by atoms with E-state index >= 15 is 0 Å². The molecule has 1 aliphatic rings. The number of nitrogens with zero attached hydrogens (tertiary/aromatic N) is 3. The molecule has 0 bridgehead atoms. The average Bonchev–Trinajstić information content (AvgIpc) is 2.84. The molecule has 0 atom stereocenters. The summed E-state index contributed by atoms with van der Waals surface area (Å²) in [5.74, 6) is 0.699. The minimum Gasteiger partial charge on any atom is -0.494 e. The molecule has 0 spiro atoms. The van der Waals surface area contributed by atoms with Crippen molar-refractivity contribution in [1.82, 2.24) is 9.88 Å². The second-order valence-corrected chi connectivity index (χ2v) is 8.79. The highest BCUT2D eigenvalue weighted by molar-refractivity contribution is 5.82. The maximum atomic E-state index is 13.3. The summed E-state index contributed by atoms with van der Waals surface area (Å²) in [5, 5.41) is 0. The monoisotopic (exact) mass is 461 g/mol. The second-order valence-electron chi connectivity index (χ2n) is 8.79. The van der Waals surface area contributed by atoms with Crippen LogP contribution in [0.5, 0.6) is 5.75 Å². The molecular formula is C28H32FN3O2. The largest absolute Gasteiger partial charge is 0.494 e. The molecule has 4 rings (SSSR count). The van der Waals surface area contributed by atoms with Crippen molar-refractivity contribution in [3.63, 3.8) is 0 Å². The van der Waals surface area contributed by atoms with Crippen molar-refractivity contribution in [1.29, 1.82) is 0 Å². The molecule has 0 unspecified atom stereocenters. The highest BCUT2D eigenvalue weighted by Crippen LogP contribution is 2.34. The summed E-state index contributed by atoms with van der Waals surface area (Å²) in [4.78, 5) is 21.8. The molecule has 3 aromatic rings. The zero-order valence-corrected chi connectivity index (χ0v) is 20.0. The fourth-order valence-electron chi connectivity index (χ4n) is 4.28. The molecular weight excluding hydrogens is 429 g/mol. The smallest absolute Gasteiger partial charge is 0.139 e. The number of aromatic nitrogens is 1. The van der Waals surface area contributed by atoms with E-state index in [9.17, 15) is 9.18 Å². The summed E-state index contributed by atoms with van der Waals surface area (Å²) in [5.41, 5.74) is 4.88. The van der Waals surface area contributed by atoms with Crippen LogP contribution in [-0.4, -0.2) is 55.5 Å². The van der Waals surface area contributed by atoms with Gasteiger partial charge >= 0.3 is 0 Å². The molecule has 0 N–H and O–H groups in total. The van der Waals surface area contributed by atoms with Gasteiger partial charge in [0.1, 0.15) is 17.3 Å². The number of Topliss-reactive ketones (excluding diaryl/α,β-unsaturated/α-hetero) is 1. The molecule has 0 saturated carbocycles. The number of aryl methyl sites for hydroxylation is 1. The highest BCUT2D eigenvalue weighted by Gasteiger charge is 2.19. The van der Waals surface area contributed by atoms with Gasteiger partial charge in [-0.25, -0.2) is 4.39 Å². The van der Waals surface area contributed by atoms with Crippen LogP contribution in [-0.2, 0) is 17.6 Å². The first-order valence-corrected chi connectivity index (χ1v) is 11.9. The lowest BCUT2D eigenvalue weighted by Gasteiger charge is -2.35. The number of hydrogen-bond acceptors (Lipinski definition) is 5. The van der Waals surface area contributed by atoms with E-state index in [1.807, 2.05) is 37.4 Å². The quantitative estimate of drug-likeness (QED) is 0.459. The molecule has 34 heavy (non-hydrogen) atoms. The van der Waals surface area contributed by atoms with Gasteiger partial charge in [-0.15, -0.1) is 0 Å². The third-order valence-electron chi connectivity index (χ3n) is 6.22. The Bertz CT molecular complexity index is 1110. The maximum absolute atomic E-state index is 13.3. The van der Waals surface area contributed by atoms with Gasteiger partial charge in [-0.1, -0.05) is 18.2 Å². The Morgan fingerprint density at radius 1 is 1.06 bits per heavy atom. The topological polar surface area (TPSA) is 45.7 Å². The highest BCUT2D eigenvalue weighted by atomic mass is 19.1. The summed E-state index contributed by atoms with van der Waals surface area (Å²) in [6, 6.07) is 16.6. The fraction of sp³-hybridized carbons (Fsp3) is 0.357. The van der Waals surface area contributed by atoms with Crippen molar-refractivity contribution in [3.05, 3.63) is 77.9 Å². The number of ether oxygens (including phenoxy) is 1. The molecule has 5 nitrogen and oxygen atoms in total. The molecule has 178 valence electrons. The number of hydrogen-bond donors (Lipinski definition) is 0. The van der Waals surface area contributed by atoms with Gasteiger partial charge < -0.3 is 14.5 Å². The fourth-order valence-corrected chi connectivity index (χ4v) is 4.28. The van der Waals surface area contributed by atoms with E-state index in [4.69, 9.17) is 4.74 Å². The van der Waals surface area contributed by atoms with Crippen LogP contribution in [0.1, 0.15) is 24.6 Å². The molecule has 1 aliphatic heterocycles. The van der Waals surface area contributed by atoms with Crippen molar-refractivity contribution in [2.24, 2.45) is 0 Å². The van der Waals surface area contributed by atoms with Crippen molar-refractivity contribution >= 4 is 11.5 Å². The van der Waals surface area contributed by atoms with Gasteiger partial charge in [-0.3, -0.25) is 9.78 Å². The third kappa shape index (κ3) is 6.20. The van der Waals surface area contributed by atoms with E-state index in [1.54, 1.807) is 6.07 Å². The number of anilines is 1. The van der Waals surface area contributed by atoms with Gasteiger partial charge in [-0.2, -0.15) is 0 Å². The first-order valence-electron chi connectivity index (χ1n) is 11.9. The van der Waals surface area contributed by atoms with Crippen LogP contribution in [0.3, 0.4) is 0 Å². The lowest BCUT2D eigenvalue weighted by atomic mass is 10.0. The molecule has 1 aromatic heterocycles. The Hall–Kier alpha value is -3.25. The Labute approximate surface area is 201 Å². The zero-order valence-electron chi connectivity index (χ0n) is 20.0. The number of benzene rings is 2. The molecule has 6 heteroatoms.